The molecule has 134 valence electrons. The molecule has 0 aliphatic heterocycles. The highest BCUT2D eigenvalue weighted by Crippen LogP contribution is 2.33. The smallest absolute Gasteiger partial charge is 0.341 e. The van der Waals surface area contributed by atoms with E-state index in [-0.39, 0.29) is 19.1 Å². The third-order valence-corrected chi connectivity index (χ3v) is 4.67. The number of nitrogens with one attached hydrogen (secondary N) is 1. The average Bonchev–Trinajstić information content (AvgIpc) is 2.87. The summed E-state index contributed by atoms with van der Waals surface area (Å²) in [5, 5.41) is 3.22. The van der Waals surface area contributed by atoms with Gasteiger partial charge in [-0.1, -0.05) is 0 Å². The molecule has 0 atom stereocenters. The third-order valence-electron chi connectivity index (χ3n) is 3.55. The van der Waals surface area contributed by atoms with Crippen molar-refractivity contribution < 1.29 is 23.8 Å². The molecule has 0 bridgehead atoms. The molecule has 2 aromatic rings. The van der Waals surface area contributed by atoms with Gasteiger partial charge in [-0.15, -0.1) is 11.3 Å². The lowest BCUT2D eigenvalue weighted by molar-refractivity contribution is -0.118. The predicted octanol–water partition coefficient (Wildman–Crippen LogP) is 3.57. The van der Waals surface area contributed by atoms with E-state index in [0.717, 1.165) is 10.4 Å². The molecule has 0 fully saturated rings. The lowest BCUT2D eigenvalue weighted by atomic mass is 10.1. The minimum absolute atomic E-state index is 0.162. The van der Waals surface area contributed by atoms with Gasteiger partial charge in [-0.2, -0.15) is 0 Å². The molecule has 0 saturated carbocycles. The fraction of sp³-hybridized carbons (Fsp3) is 0.333. The number of hydrogen-bond acceptors (Lipinski definition) is 6. The number of aryl methyl sites for hydroxylation is 1. The van der Waals surface area contributed by atoms with E-state index < -0.39 is 5.97 Å². The molecule has 0 spiro atoms. The van der Waals surface area contributed by atoms with Crippen molar-refractivity contribution in [2.45, 2.75) is 20.8 Å². The third kappa shape index (κ3) is 4.73. The lowest BCUT2D eigenvalue weighted by Crippen LogP contribution is -2.21. The van der Waals surface area contributed by atoms with Gasteiger partial charge in [0.15, 0.2) is 6.61 Å². The fourth-order valence-electron chi connectivity index (χ4n) is 2.15. The molecule has 25 heavy (non-hydrogen) atoms. The van der Waals surface area contributed by atoms with Gasteiger partial charge >= 0.3 is 5.97 Å². The summed E-state index contributed by atoms with van der Waals surface area (Å²) in [5.41, 5.74) is 1.22. The van der Waals surface area contributed by atoms with E-state index in [1.165, 1.54) is 11.3 Å². The zero-order chi connectivity index (χ0) is 18.4. The SMILES string of the molecule is CCOC(=O)c1c(NC(=O)COc2ccc(OC)cc2)sc(C)c1C. The Labute approximate surface area is 150 Å². The molecule has 1 aromatic heterocycles. The van der Waals surface area contributed by atoms with Gasteiger partial charge in [0.2, 0.25) is 0 Å². The molecule has 0 saturated heterocycles. The van der Waals surface area contributed by atoms with Crippen LogP contribution in [0.4, 0.5) is 5.00 Å². The van der Waals surface area contributed by atoms with Crippen LogP contribution in [-0.2, 0) is 9.53 Å². The number of thiophene rings is 1. The number of amides is 1. The van der Waals surface area contributed by atoms with Crippen LogP contribution in [0.25, 0.3) is 0 Å². The molecule has 0 aliphatic carbocycles. The summed E-state index contributed by atoms with van der Waals surface area (Å²) in [6, 6.07) is 6.93. The standard InChI is InChI=1S/C18H21NO5S/c1-5-23-18(21)16-11(2)12(3)25-17(16)19-15(20)10-24-14-8-6-13(22-4)7-9-14/h6-9H,5,10H2,1-4H3,(H,19,20). The van der Waals surface area contributed by atoms with E-state index >= 15 is 0 Å². The highest BCUT2D eigenvalue weighted by Gasteiger charge is 2.22. The fourth-order valence-corrected chi connectivity index (χ4v) is 3.21. The van der Waals surface area contributed by atoms with Gasteiger partial charge in [-0.25, -0.2) is 4.79 Å². The van der Waals surface area contributed by atoms with E-state index in [1.807, 2.05) is 13.8 Å². The Morgan fingerprint density at radius 1 is 1.12 bits per heavy atom. The Morgan fingerprint density at radius 3 is 2.36 bits per heavy atom. The van der Waals surface area contributed by atoms with Crippen molar-refractivity contribution in [2.24, 2.45) is 0 Å². The molecule has 1 heterocycles. The molecular formula is C18H21NO5S. The van der Waals surface area contributed by atoms with Gasteiger partial charge < -0.3 is 19.5 Å². The minimum Gasteiger partial charge on any atom is -0.497 e. The van der Waals surface area contributed by atoms with Crippen LogP contribution in [0, 0.1) is 13.8 Å². The number of carbonyl (C=O) groups excluding carboxylic acids is 2. The second-order valence-electron chi connectivity index (χ2n) is 5.22. The number of carbonyl (C=O) groups is 2. The van der Waals surface area contributed by atoms with Crippen LogP contribution in [0.15, 0.2) is 24.3 Å². The molecule has 7 heteroatoms. The van der Waals surface area contributed by atoms with Crippen molar-refractivity contribution in [1.82, 2.24) is 0 Å². The van der Waals surface area contributed by atoms with Crippen LogP contribution in [-0.4, -0.2) is 32.2 Å². The maximum atomic E-state index is 12.2. The summed E-state index contributed by atoms with van der Waals surface area (Å²) in [4.78, 5) is 25.2. The first kappa shape index (κ1) is 18.8. The number of anilines is 1. The summed E-state index contributed by atoms with van der Waals surface area (Å²) in [6.07, 6.45) is 0. The summed E-state index contributed by atoms with van der Waals surface area (Å²) >= 11 is 1.35. The van der Waals surface area contributed by atoms with E-state index in [9.17, 15) is 9.59 Å². The van der Waals surface area contributed by atoms with E-state index in [0.29, 0.717) is 22.1 Å². The van der Waals surface area contributed by atoms with Gasteiger partial charge in [0.05, 0.1) is 19.3 Å². The lowest BCUT2D eigenvalue weighted by Gasteiger charge is -2.09. The summed E-state index contributed by atoms with van der Waals surface area (Å²) in [6.45, 7) is 5.59. The second-order valence-corrected chi connectivity index (χ2v) is 6.44. The first-order chi connectivity index (χ1) is 12.0. The molecule has 1 N–H and O–H groups in total. The zero-order valence-electron chi connectivity index (χ0n) is 14.7. The maximum absolute atomic E-state index is 12.2. The first-order valence-electron chi connectivity index (χ1n) is 7.80. The monoisotopic (exact) mass is 363 g/mol. The zero-order valence-corrected chi connectivity index (χ0v) is 15.5. The van der Waals surface area contributed by atoms with Gasteiger partial charge in [0.25, 0.3) is 5.91 Å². The Morgan fingerprint density at radius 2 is 1.76 bits per heavy atom. The summed E-state index contributed by atoms with van der Waals surface area (Å²) < 4.78 is 15.6. The molecule has 1 amide bonds. The molecule has 6 nitrogen and oxygen atoms in total. The Kier molecular flexibility index (Phi) is 6.41. The van der Waals surface area contributed by atoms with Crippen LogP contribution in [0.2, 0.25) is 0 Å². The van der Waals surface area contributed by atoms with Crippen molar-refractivity contribution in [3.05, 3.63) is 40.3 Å². The molecule has 0 radical (unpaired) electrons. The summed E-state index contributed by atoms with van der Waals surface area (Å²) in [5.74, 6) is 0.485. The van der Waals surface area contributed by atoms with Crippen molar-refractivity contribution in [2.75, 3.05) is 25.6 Å². The quantitative estimate of drug-likeness (QED) is 0.761. The predicted molar refractivity (Wildman–Crippen MR) is 96.9 cm³/mol. The first-order valence-corrected chi connectivity index (χ1v) is 8.61. The van der Waals surface area contributed by atoms with Crippen LogP contribution in [0.3, 0.4) is 0 Å². The molecule has 1 aromatic carbocycles. The Hall–Kier alpha value is -2.54. The molecule has 0 aliphatic rings. The van der Waals surface area contributed by atoms with E-state index in [4.69, 9.17) is 14.2 Å². The topological polar surface area (TPSA) is 73.9 Å². The largest absolute Gasteiger partial charge is 0.497 e. The molecule has 0 unspecified atom stereocenters. The van der Waals surface area contributed by atoms with Crippen LogP contribution < -0.4 is 14.8 Å². The number of ether oxygens (including phenoxy) is 3. The maximum Gasteiger partial charge on any atom is 0.341 e. The number of benzene rings is 1. The molecular weight excluding hydrogens is 342 g/mol. The number of esters is 1. The van der Waals surface area contributed by atoms with Gasteiger partial charge in [-0.05, 0) is 50.6 Å². The Balaban J connectivity index is 2.02. The number of methoxy groups -OCH3 is 1. The number of hydrogen-bond donors (Lipinski definition) is 1. The van der Waals surface area contributed by atoms with Crippen molar-refractivity contribution in [3.8, 4) is 11.5 Å². The number of rotatable bonds is 7. The van der Waals surface area contributed by atoms with E-state index in [1.54, 1.807) is 38.3 Å². The van der Waals surface area contributed by atoms with Gasteiger partial charge in [0, 0.05) is 4.88 Å². The highest BCUT2D eigenvalue weighted by molar-refractivity contribution is 7.16. The highest BCUT2D eigenvalue weighted by atomic mass is 32.1. The van der Waals surface area contributed by atoms with Gasteiger partial charge in [-0.3, -0.25) is 4.79 Å². The van der Waals surface area contributed by atoms with E-state index in [2.05, 4.69) is 5.32 Å². The van der Waals surface area contributed by atoms with Crippen LogP contribution in [0.1, 0.15) is 27.7 Å². The van der Waals surface area contributed by atoms with Crippen molar-refractivity contribution in [1.29, 1.82) is 0 Å². The second kappa shape index (κ2) is 8.53. The normalized spacial score (nSPS) is 10.2. The van der Waals surface area contributed by atoms with Gasteiger partial charge in [0.1, 0.15) is 16.5 Å². The van der Waals surface area contributed by atoms with Crippen LogP contribution in [0.5, 0.6) is 11.5 Å². The van der Waals surface area contributed by atoms with Crippen LogP contribution >= 0.6 is 11.3 Å². The molecule has 2 rings (SSSR count). The van der Waals surface area contributed by atoms with Crippen molar-refractivity contribution >= 4 is 28.2 Å². The summed E-state index contributed by atoms with van der Waals surface area (Å²) in [7, 11) is 1.58. The average molecular weight is 363 g/mol. The minimum atomic E-state index is -0.435. The van der Waals surface area contributed by atoms with Crippen molar-refractivity contribution in [3.63, 3.8) is 0 Å². The Bertz CT molecular complexity index is 752.